The highest BCUT2D eigenvalue weighted by Gasteiger charge is 2.23. The summed E-state index contributed by atoms with van der Waals surface area (Å²) in [5.74, 6) is -0.880. The fraction of sp³-hybridized carbons (Fsp3) is 0.217. The molecular weight excluding hydrogens is 464 g/mol. The van der Waals surface area contributed by atoms with Gasteiger partial charge in [-0.05, 0) is 67.0 Å². The van der Waals surface area contributed by atoms with Gasteiger partial charge in [-0.2, -0.15) is 0 Å². The summed E-state index contributed by atoms with van der Waals surface area (Å²) < 4.78 is 1.52. The third kappa shape index (κ3) is 3.80. The van der Waals surface area contributed by atoms with Gasteiger partial charge in [-0.3, -0.25) is 14.2 Å². The van der Waals surface area contributed by atoms with Crippen LogP contribution in [0.1, 0.15) is 43.3 Å². The minimum atomic E-state index is -1.03. The molecule has 0 unspecified atom stereocenters. The Kier molecular flexibility index (Phi) is 5.71. The van der Waals surface area contributed by atoms with E-state index in [2.05, 4.69) is 0 Å². The zero-order valence-electron chi connectivity index (χ0n) is 16.9. The van der Waals surface area contributed by atoms with Gasteiger partial charge in [-0.1, -0.05) is 17.8 Å². The van der Waals surface area contributed by atoms with Crippen molar-refractivity contribution in [1.29, 1.82) is 0 Å². The van der Waals surface area contributed by atoms with Gasteiger partial charge in [0.2, 0.25) is 0 Å². The molecule has 0 radical (unpaired) electrons. The number of carboxylic acid groups (broad SMARTS) is 1. The summed E-state index contributed by atoms with van der Waals surface area (Å²) >= 11 is 4.19. The molecule has 1 N–H and O–H groups in total. The second-order valence-corrected chi connectivity index (χ2v) is 10.4. The lowest BCUT2D eigenvalue weighted by Gasteiger charge is -2.13. The number of hydrogen-bond donors (Lipinski definition) is 1. The monoisotopic (exact) mass is 482 g/mol. The van der Waals surface area contributed by atoms with Gasteiger partial charge >= 0.3 is 5.97 Å². The number of carbonyl (C=O) groups is 2. The van der Waals surface area contributed by atoms with Crippen molar-refractivity contribution in [3.8, 4) is 5.69 Å². The Morgan fingerprint density at radius 3 is 2.62 bits per heavy atom. The van der Waals surface area contributed by atoms with Crippen molar-refractivity contribution < 1.29 is 14.7 Å². The zero-order valence-corrected chi connectivity index (χ0v) is 19.3. The molecule has 9 heteroatoms. The largest absolute Gasteiger partial charge is 0.478 e. The fourth-order valence-electron chi connectivity index (χ4n) is 3.90. The average molecular weight is 483 g/mol. The number of rotatable bonds is 6. The maximum absolute atomic E-state index is 13.7. The molecule has 0 spiro atoms. The number of thiophene rings is 2. The number of Topliss-reactive ketones (excluding diaryl/α,β-unsaturated/α-hetero) is 1. The number of ketones is 1. The SMILES string of the molecule is O=C(O)c1ccc(-n2c(SCC(=O)c3cccs3)nc3sc4c(c3c2=O)CCCC4)cc1. The van der Waals surface area contributed by atoms with Gasteiger partial charge < -0.3 is 5.11 Å². The molecule has 0 amide bonds. The van der Waals surface area contributed by atoms with Gasteiger partial charge in [0.25, 0.3) is 5.56 Å². The maximum atomic E-state index is 13.7. The number of hydrogen-bond acceptors (Lipinski definition) is 7. The Balaban J connectivity index is 1.63. The van der Waals surface area contributed by atoms with Crippen LogP contribution in [0.2, 0.25) is 0 Å². The molecule has 6 nitrogen and oxygen atoms in total. The molecule has 0 atom stereocenters. The molecule has 0 bridgehead atoms. The molecular formula is C23H18N2O4S3. The van der Waals surface area contributed by atoms with Gasteiger partial charge in [-0.15, -0.1) is 22.7 Å². The van der Waals surface area contributed by atoms with Gasteiger partial charge in [-0.25, -0.2) is 9.78 Å². The van der Waals surface area contributed by atoms with Crippen LogP contribution in [-0.2, 0) is 12.8 Å². The summed E-state index contributed by atoms with van der Waals surface area (Å²) in [5.41, 5.74) is 1.61. The number of carbonyl (C=O) groups excluding carboxylic acids is 1. The molecule has 1 aliphatic rings. The first kappa shape index (κ1) is 21.1. The van der Waals surface area contributed by atoms with Crippen molar-refractivity contribution >= 4 is 56.4 Å². The Morgan fingerprint density at radius 2 is 1.91 bits per heavy atom. The van der Waals surface area contributed by atoms with E-state index in [-0.39, 0.29) is 22.7 Å². The first-order valence-corrected chi connectivity index (χ1v) is 12.8. The van der Waals surface area contributed by atoms with E-state index in [0.29, 0.717) is 25.9 Å². The zero-order chi connectivity index (χ0) is 22.2. The third-order valence-corrected chi connectivity index (χ3v) is 8.49. The van der Waals surface area contributed by atoms with E-state index in [4.69, 9.17) is 4.98 Å². The molecule has 1 aliphatic carbocycles. The Bertz CT molecular complexity index is 1390. The van der Waals surface area contributed by atoms with E-state index >= 15 is 0 Å². The van der Waals surface area contributed by atoms with E-state index in [9.17, 15) is 19.5 Å². The molecule has 162 valence electrons. The van der Waals surface area contributed by atoms with E-state index < -0.39 is 5.97 Å². The van der Waals surface area contributed by atoms with Crippen LogP contribution in [0, 0.1) is 0 Å². The Labute approximate surface area is 195 Å². The lowest BCUT2D eigenvalue weighted by molar-refractivity contribution is 0.0696. The number of aryl methyl sites for hydroxylation is 2. The predicted molar refractivity (Wildman–Crippen MR) is 128 cm³/mol. The van der Waals surface area contributed by atoms with E-state index in [1.54, 1.807) is 29.5 Å². The van der Waals surface area contributed by atoms with Crippen molar-refractivity contribution in [3.05, 3.63) is 73.0 Å². The number of nitrogens with zero attached hydrogens (tertiary/aromatic N) is 2. The number of aromatic nitrogens is 2. The summed E-state index contributed by atoms with van der Waals surface area (Å²) in [7, 11) is 0. The topological polar surface area (TPSA) is 89.3 Å². The first-order valence-electron chi connectivity index (χ1n) is 10.1. The third-order valence-electron chi connectivity index (χ3n) is 5.46. The number of thioether (sulfide) groups is 1. The molecule has 4 aromatic rings. The fourth-order valence-corrected chi connectivity index (χ4v) is 6.86. The van der Waals surface area contributed by atoms with Crippen molar-refractivity contribution in [2.75, 3.05) is 5.75 Å². The number of fused-ring (bicyclic) bond motifs is 3. The summed E-state index contributed by atoms with van der Waals surface area (Å²) in [6.07, 6.45) is 4.00. The van der Waals surface area contributed by atoms with Crippen LogP contribution in [0.15, 0.2) is 51.7 Å². The molecule has 3 heterocycles. The molecule has 1 aromatic carbocycles. The standard InChI is InChI=1S/C23H18N2O4S3/c26-16(18-6-3-11-30-18)12-31-23-24-20-19(15-4-1-2-5-17(15)32-20)21(27)25(23)14-9-7-13(8-10-14)22(28)29/h3,6-11H,1-2,4-5,12H2,(H,28,29). The van der Waals surface area contributed by atoms with Crippen molar-refractivity contribution in [3.63, 3.8) is 0 Å². The van der Waals surface area contributed by atoms with Crippen molar-refractivity contribution in [1.82, 2.24) is 9.55 Å². The van der Waals surface area contributed by atoms with Crippen LogP contribution in [0.3, 0.4) is 0 Å². The second-order valence-electron chi connectivity index (χ2n) is 7.47. The minimum absolute atomic E-state index is 0.0161. The predicted octanol–water partition coefficient (Wildman–Crippen LogP) is 5.06. The smallest absolute Gasteiger partial charge is 0.335 e. The lowest BCUT2D eigenvalue weighted by atomic mass is 9.97. The number of carboxylic acids is 1. The molecule has 0 aliphatic heterocycles. The Morgan fingerprint density at radius 1 is 1.12 bits per heavy atom. The number of aromatic carboxylic acids is 1. The average Bonchev–Trinajstić information content (AvgIpc) is 3.45. The minimum Gasteiger partial charge on any atom is -0.478 e. The van der Waals surface area contributed by atoms with Crippen molar-refractivity contribution in [2.24, 2.45) is 0 Å². The molecule has 3 aromatic heterocycles. The van der Waals surface area contributed by atoms with Gasteiger partial charge in [0, 0.05) is 4.88 Å². The van der Waals surface area contributed by atoms with E-state index in [0.717, 1.165) is 31.2 Å². The van der Waals surface area contributed by atoms with Gasteiger partial charge in [0.05, 0.1) is 27.3 Å². The van der Waals surface area contributed by atoms with Crippen LogP contribution in [0.25, 0.3) is 15.9 Å². The molecule has 0 saturated heterocycles. The number of benzene rings is 1. The second kappa shape index (κ2) is 8.65. The summed E-state index contributed by atoms with van der Waals surface area (Å²) in [5, 5.41) is 12.2. The normalized spacial score (nSPS) is 13.2. The Hall–Kier alpha value is -2.75. The highest BCUT2D eigenvalue weighted by molar-refractivity contribution is 7.99. The maximum Gasteiger partial charge on any atom is 0.335 e. The molecule has 32 heavy (non-hydrogen) atoms. The van der Waals surface area contributed by atoms with Crippen LogP contribution in [0.4, 0.5) is 0 Å². The van der Waals surface area contributed by atoms with Crippen LogP contribution in [-0.4, -0.2) is 32.2 Å². The first-order chi connectivity index (χ1) is 15.5. The summed E-state index contributed by atoms with van der Waals surface area (Å²) in [4.78, 5) is 44.9. The quantitative estimate of drug-likeness (QED) is 0.235. The highest BCUT2D eigenvalue weighted by atomic mass is 32.2. The van der Waals surface area contributed by atoms with E-state index in [1.165, 1.54) is 44.7 Å². The molecule has 0 fully saturated rings. The highest BCUT2D eigenvalue weighted by Crippen LogP contribution is 2.35. The summed E-state index contributed by atoms with van der Waals surface area (Å²) in [6.45, 7) is 0. The van der Waals surface area contributed by atoms with Crippen LogP contribution < -0.4 is 5.56 Å². The van der Waals surface area contributed by atoms with Crippen molar-refractivity contribution in [2.45, 2.75) is 30.8 Å². The summed E-state index contributed by atoms with van der Waals surface area (Å²) in [6, 6.07) is 9.80. The lowest BCUT2D eigenvalue weighted by Crippen LogP contribution is -2.22. The molecule has 0 saturated carbocycles. The van der Waals surface area contributed by atoms with Crippen LogP contribution >= 0.6 is 34.4 Å². The van der Waals surface area contributed by atoms with Gasteiger partial charge in [0.15, 0.2) is 10.9 Å². The van der Waals surface area contributed by atoms with Crippen LogP contribution in [0.5, 0.6) is 0 Å². The molecule has 5 rings (SSSR count). The van der Waals surface area contributed by atoms with E-state index in [1.807, 2.05) is 11.4 Å². The van der Waals surface area contributed by atoms with Gasteiger partial charge in [0.1, 0.15) is 4.83 Å².